The van der Waals surface area contributed by atoms with E-state index in [1.165, 1.54) is 4.88 Å². The molecule has 3 aromatic rings. The molecule has 28 heavy (non-hydrogen) atoms. The van der Waals surface area contributed by atoms with Crippen LogP contribution in [0, 0.1) is 6.92 Å². The molecule has 0 unspecified atom stereocenters. The van der Waals surface area contributed by atoms with Gasteiger partial charge in [0.1, 0.15) is 0 Å². The van der Waals surface area contributed by atoms with Crippen LogP contribution in [0.1, 0.15) is 21.9 Å². The number of thiophene rings is 1. The van der Waals surface area contributed by atoms with Gasteiger partial charge in [0.25, 0.3) is 0 Å². The zero-order chi connectivity index (χ0) is 19.8. The van der Waals surface area contributed by atoms with Crippen molar-refractivity contribution >= 4 is 34.5 Å². The number of aromatic nitrogens is 1. The van der Waals surface area contributed by atoms with Crippen molar-refractivity contribution < 1.29 is 9.59 Å². The Labute approximate surface area is 172 Å². The Bertz CT molecular complexity index is 919. The number of benzene rings is 1. The van der Waals surface area contributed by atoms with E-state index >= 15 is 0 Å². The molecule has 2 aromatic heterocycles. The first-order valence-electron chi connectivity index (χ1n) is 9.18. The molecule has 2 amide bonds. The predicted molar refractivity (Wildman–Crippen MR) is 115 cm³/mol. The van der Waals surface area contributed by atoms with E-state index in [1.54, 1.807) is 22.7 Å². The topological polar surface area (TPSA) is 71.1 Å². The number of hydrogen-bond acceptors (Lipinski definition) is 5. The van der Waals surface area contributed by atoms with Crippen molar-refractivity contribution in [2.24, 2.45) is 0 Å². The van der Waals surface area contributed by atoms with Crippen LogP contribution in [0.25, 0.3) is 10.6 Å². The molecule has 2 N–H and O–H groups in total. The van der Waals surface area contributed by atoms with E-state index in [4.69, 9.17) is 0 Å². The van der Waals surface area contributed by atoms with Gasteiger partial charge in [0, 0.05) is 29.8 Å². The third-order valence-electron chi connectivity index (χ3n) is 4.11. The van der Waals surface area contributed by atoms with Gasteiger partial charge < -0.3 is 10.6 Å². The van der Waals surface area contributed by atoms with Gasteiger partial charge in [-0.25, -0.2) is 4.98 Å². The molecular weight excluding hydrogens is 390 g/mol. The molecule has 0 aliphatic heterocycles. The van der Waals surface area contributed by atoms with Crippen molar-refractivity contribution in [3.05, 3.63) is 63.3 Å². The van der Waals surface area contributed by atoms with Gasteiger partial charge in [-0.3, -0.25) is 9.59 Å². The second-order valence-corrected chi connectivity index (χ2v) is 8.61. The number of hydrogen-bond donors (Lipinski definition) is 2. The van der Waals surface area contributed by atoms with Gasteiger partial charge in [0.15, 0.2) is 0 Å². The minimum absolute atomic E-state index is 0.0492. The summed E-state index contributed by atoms with van der Waals surface area (Å²) in [6, 6.07) is 13.7. The van der Waals surface area contributed by atoms with Gasteiger partial charge in [0.05, 0.1) is 22.0 Å². The highest BCUT2D eigenvalue weighted by Crippen LogP contribution is 2.29. The largest absolute Gasteiger partial charge is 0.356 e. The first kappa shape index (κ1) is 20.2. The fourth-order valence-corrected chi connectivity index (χ4v) is 4.35. The molecule has 0 saturated carbocycles. The molecule has 0 saturated heterocycles. The standard InChI is InChI=1S/C21H23N3O2S2/c1-15-24-18(14-27-15)19-8-7-17(28-19)9-11-22-20(25)10-12-23-21(26)13-16-5-3-2-4-6-16/h2-8,14H,9-13H2,1H3,(H,22,25)(H,23,26). The highest BCUT2D eigenvalue weighted by Gasteiger charge is 2.08. The average molecular weight is 414 g/mol. The maximum Gasteiger partial charge on any atom is 0.224 e. The smallest absolute Gasteiger partial charge is 0.224 e. The van der Waals surface area contributed by atoms with Crippen molar-refractivity contribution in [2.75, 3.05) is 13.1 Å². The van der Waals surface area contributed by atoms with Gasteiger partial charge >= 0.3 is 0 Å². The molecule has 5 nitrogen and oxygen atoms in total. The van der Waals surface area contributed by atoms with Crippen molar-refractivity contribution in [1.29, 1.82) is 0 Å². The number of thiazole rings is 1. The number of nitrogens with one attached hydrogen (secondary N) is 2. The molecule has 146 valence electrons. The summed E-state index contributed by atoms with van der Waals surface area (Å²) in [5, 5.41) is 8.83. The zero-order valence-electron chi connectivity index (χ0n) is 15.7. The van der Waals surface area contributed by atoms with E-state index in [9.17, 15) is 9.59 Å². The second-order valence-electron chi connectivity index (χ2n) is 6.38. The third kappa shape index (κ3) is 6.28. The number of carbonyl (C=O) groups excluding carboxylic acids is 2. The highest BCUT2D eigenvalue weighted by molar-refractivity contribution is 7.16. The Morgan fingerprint density at radius 1 is 1.00 bits per heavy atom. The Morgan fingerprint density at radius 2 is 1.79 bits per heavy atom. The lowest BCUT2D eigenvalue weighted by Crippen LogP contribution is -2.32. The Balaban J connectivity index is 1.31. The highest BCUT2D eigenvalue weighted by atomic mass is 32.1. The summed E-state index contributed by atoms with van der Waals surface area (Å²) in [6.45, 7) is 2.94. The molecular formula is C21H23N3O2S2. The molecule has 0 bridgehead atoms. The molecule has 2 heterocycles. The average Bonchev–Trinajstić information content (AvgIpc) is 3.31. The molecule has 7 heteroatoms. The number of carbonyl (C=O) groups is 2. The summed E-state index contributed by atoms with van der Waals surface area (Å²) in [5.41, 5.74) is 1.99. The summed E-state index contributed by atoms with van der Waals surface area (Å²) < 4.78 is 0. The van der Waals surface area contributed by atoms with Gasteiger partial charge in [0.2, 0.25) is 11.8 Å². The van der Waals surface area contributed by atoms with E-state index in [0.29, 0.717) is 19.5 Å². The third-order valence-corrected chi connectivity index (χ3v) is 6.05. The zero-order valence-corrected chi connectivity index (χ0v) is 17.4. The quantitative estimate of drug-likeness (QED) is 0.563. The number of rotatable bonds is 9. The van der Waals surface area contributed by atoms with Gasteiger partial charge in [-0.1, -0.05) is 30.3 Å². The van der Waals surface area contributed by atoms with Crippen LogP contribution in [0.4, 0.5) is 0 Å². The van der Waals surface area contributed by atoms with Crippen LogP contribution in [-0.4, -0.2) is 29.9 Å². The molecule has 0 atom stereocenters. The first-order valence-corrected chi connectivity index (χ1v) is 10.9. The van der Waals surface area contributed by atoms with Gasteiger partial charge in [-0.2, -0.15) is 0 Å². The summed E-state index contributed by atoms with van der Waals surface area (Å²) in [6.07, 6.45) is 1.41. The van der Waals surface area contributed by atoms with E-state index in [1.807, 2.05) is 37.3 Å². The van der Waals surface area contributed by atoms with Crippen LogP contribution in [0.15, 0.2) is 47.8 Å². The lowest BCUT2D eigenvalue weighted by molar-refractivity contribution is -0.122. The lowest BCUT2D eigenvalue weighted by Gasteiger charge is -2.06. The van der Waals surface area contributed by atoms with E-state index in [-0.39, 0.29) is 18.2 Å². The Kier molecular flexibility index (Phi) is 7.33. The van der Waals surface area contributed by atoms with Crippen LogP contribution in [0.5, 0.6) is 0 Å². The normalized spacial score (nSPS) is 10.6. The van der Waals surface area contributed by atoms with Crippen molar-refractivity contribution in [1.82, 2.24) is 15.6 Å². The number of amides is 2. The molecule has 0 aliphatic carbocycles. The molecule has 0 aliphatic rings. The summed E-state index contributed by atoms with van der Waals surface area (Å²) >= 11 is 3.36. The van der Waals surface area contributed by atoms with Crippen molar-refractivity contribution in [2.45, 2.75) is 26.2 Å². The van der Waals surface area contributed by atoms with Crippen LogP contribution in [-0.2, 0) is 22.4 Å². The Hall–Kier alpha value is -2.51. The predicted octanol–water partition coefficient (Wildman–Crippen LogP) is 3.59. The van der Waals surface area contributed by atoms with Gasteiger partial charge in [-0.05, 0) is 31.0 Å². The maximum atomic E-state index is 11.9. The SMILES string of the molecule is Cc1nc(-c2ccc(CCNC(=O)CCNC(=O)Cc3ccccc3)s2)cs1. The van der Waals surface area contributed by atoms with Crippen LogP contribution < -0.4 is 10.6 Å². The molecule has 1 aromatic carbocycles. The maximum absolute atomic E-state index is 11.9. The van der Waals surface area contributed by atoms with Crippen molar-refractivity contribution in [3.63, 3.8) is 0 Å². The van der Waals surface area contributed by atoms with Crippen molar-refractivity contribution in [3.8, 4) is 10.6 Å². The second kappa shape index (κ2) is 10.1. The summed E-state index contributed by atoms with van der Waals surface area (Å²) in [4.78, 5) is 30.7. The minimum Gasteiger partial charge on any atom is -0.356 e. The number of aryl methyl sites for hydroxylation is 1. The monoisotopic (exact) mass is 413 g/mol. The molecule has 0 fully saturated rings. The fourth-order valence-electron chi connectivity index (χ4n) is 2.70. The minimum atomic E-state index is -0.0672. The van der Waals surface area contributed by atoms with E-state index in [0.717, 1.165) is 27.6 Å². The summed E-state index contributed by atoms with van der Waals surface area (Å²) in [7, 11) is 0. The fraction of sp³-hybridized carbons (Fsp3) is 0.286. The molecule has 0 radical (unpaired) electrons. The van der Waals surface area contributed by atoms with Crippen LogP contribution in [0.2, 0.25) is 0 Å². The van der Waals surface area contributed by atoms with Crippen LogP contribution >= 0.6 is 22.7 Å². The number of nitrogens with zero attached hydrogens (tertiary/aromatic N) is 1. The van der Waals surface area contributed by atoms with E-state index in [2.05, 4.69) is 33.1 Å². The van der Waals surface area contributed by atoms with Gasteiger partial charge in [-0.15, -0.1) is 22.7 Å². The Morgan fingerprint density at radius 3 is 2.54 bits per heavy atom. The molecule has 3 rings (SSSR count). The molecule has 0 spiro atoms. The van der Waals surface area contributed by atoms with E-state index < -0.39 is 0 Å². The lowest BCUT2D eigenvalue weighted by atomic mass is 10.1. The summed E-state index contributed by atoms with van der Waals surface area (Å²) in [5.74, 6) is -0.116. The van der Waals surface area contributed by atoms with Crippen LogP contribution in [0.3, 0.4) is 0 Å². The first-order chi connectivity index (χ1) is 13.6.